The summed E-state index contributed by atoms with van der Waals surface area (Å²) in [4.78, 5) is 21.0. The highest BCUT2D eigenvalue weighted by atomic mass is 19.1. The third kappa shape index (κ3) is 3.66. The topological polar surface area (TPSA) is 66.5 Å². The number of hydrogen-bond acceptors (Lipinski definition) is 2. The van der Waals surface area contributed by atoms with Gasteiger partial charge < -0.3 is 4.98 Å². The number of nitrogens with one attached hydrogen (secondary N) is 2. The Morgan fingerprint density at radius 1 is 0.871 bits per heavy atom. The van der Waals surface area contributed by atoms with Gasteiger partial charge in [-0.3, -0.25) is 9.89 Å². The molecule has 0 spiro atoms. The second-order valence-electron chi connectivity index (χ2n) is 7.32. The first-order valence-corrected chi connectivity index (χ1v) is 9.88. The Bertz CT molecular complexity index is 1400. The number of hydrogen-bond donors (Lipinski definition) is 2. The van der Waals surface area contributed by atoms with Crippen molar-refractivity contribution in [3.05, 3.63) is 106 Å². The van der Waals surface area contributed by atoms with Crippen molar-refractivity contribution in [2.24, 2.45) is 0 Å². The Morgan fingerprint density at radius 2 is 1.68 bits per heavy atom. The van der Waals surface area contributed by atoms with Crippen molar-refractivity contribution < 1.29 is 8.78 Å². The van der Waals surface area contributed by atoms with E-state index >= 15 is 0 Å². The van der Waals surface area contributed by atoms with E-state index in [9.17, 15) is 13.6 Å². The monoisotopic (exact) mass is 416 g/mol. The lowest BCUT2D eigenvalue weighted by molar-refractivity contribution is 0.627. The number of H-pyrrole nitrogens is 2. The molecule has 0 fully saturated rings. The SMILES string of the molecule is O=c1c(CCc2ccc(F)cc2)c(-c2cccc(F)c2)[nH]n1-c1nc2ccccc2[nH]1. The van der Waals surface area contributed by atoms with Crippen molar-refractivity contribution in [2.75, 3.05) is 0 Å². The molecule has 5 aromatic rings. The lowest BCUT2D eigenvalue weighted by Gasteiger charge is -2.04. The van der Waals surface area contributed by atoms with Crippen molar-refractivity contribution in [2.45, 2.75) is 12.8 Å². The molecule has 5 rings (SSSR count). The average molecular weight is 416 g/mol. The molecule has 0 amide bonds. The summed E-state index contributed by atoms with van der Waals surface area (Å²) in [6, 6.07) is 19.8. The van der Waals surface area contributed by atoms with E-state index in [1.54, 1.807) is 24.3 Å². The van der Waals surface area contributed by atoms with Crippen molar-refractivity contribution in [3.8, 4) is 17.2 Å². The van der Waals surface area contributed by atoms with E-state index in [0.717, 1.165) is 16.6 Å². The zero-order chi connectivity index (χ0) is 21.4. The summed E-state index contributed by atoms with van der Waals surface area (Å²) in [5.74, 6) is -0.339. The van der Waals surface area contributed by atoms with E-state index in [1.165, 1.54) is 28.9 Å². The molecule has 3 aromatic carbocycles. The van der Waals surface area contributed by atoms with Gasteiger partial charge in [0.2, 0.25) is 5.95 Å². The molecule has 154 valence electrons. The minimum atomic E-state index is -0.390. The minimum absolute atomic E-state index is 0.263. The third-order valence-corrected chi connectivity index (χ3v) is 5.27. The van der Waals surface area contributed by atoms with Crippen LogP contribution in [0.4, 0.5) is 8.78 Å². The summed E-state index contributed by atoms with van der Waals surface area (Å²) >= 11 is 0. The molecule has 2 N–H and O–H groups in total. The van der Waals surface area contributed by atoms with E-state index in [0.29, 0.717) is 35.6 Å². The molecule has 5 nitrogen and oxygen atoms in total. The molecule has 7 heteroatoms. The predicted molar refractivity (Wildman–Crippen MR) is 115 cm³/mol. The molecule has 31 heavy (non-hydrogen) atoms. The molecule has 0 bridgehead atoms. The number of para-hydroxylation sites is 2. The lowest BCUT2D eigenvalue weighted by atomic mass is 10.0. The van der Waals surface area contributed by atoms with Crippen LogP contribution in [0.5, 0.6) is 0 Å². The van der Waals surface area contributed by atoms with E-state index < -0.39 is 0 Å². The Hall–Kier alpha value is -4.00. The highest BCUT2D eigenvalue weighted by Gasteiger charge is 2.19. The van der Waals surface area contributed by atoms with Gasteiger partial charge in [-0.25, -0.2) is 13.8 Å². The van der Waals surface area contributed by atoms with Crippen LogP contribution in [0.2, 0.25) is 0 Å². The van der Waals surface area contributed by atoms with Crippen molar-refractivity contribution >= 4 is 11.0 Å². The first-order chi connectivity index (χ1) is 15.1. The second-order valence-corrected chi connectivity index (χ2v) is 7.32. The Morgan fingerprint density at radius 3 is 2.45 bits per heavy atom. The zero-order valence-electron chi connectivity index (χ0n) is 16.4. The van der Waals surface area contributed by atoms with Crippen LogP contribution in [0, 0.1) is 11.6 Å². The number of fused-ring (bicyclic) bond motifs is 1. The third-order valence-electron chi connectivity index (χ3n) is 5.27. The number of halogens is 2. The minimum Gasteiger partial charge on any atom is -0.322 e. The molecule has 2 aromatic heterocycles. The van der Waals surface area contributed by atoms with E-state index in [1.807, 2.05) is 24.3 Å². The first-order valence-electron chi connectivity index (χ1n) is 9.88. The van der Waals surface area contributed by atoms with Gasteiger partial charge in [-0.2, -0.15) is 4.68 Å². The first kappa shape index (κ1) is 19.0. The molecule has 0 atom stereocenters. The van der Waals surface area contributed by atoms with Gasteiger partial charge in [0.05, 0.1) is 16.7 Å². The van der Waals surface area contributed by atoms with Crippen LogP contribution in [0.1, 0.15) is 11.1 Å². The van der Waals surface area contributed by atoms with Gasteiger partial charge in [0.1, 0.15) is 11.6 Å². The molecule has 0 saturated heterocycles. The number of benzene rings is 3. The van der Waals surface area contributed by atoms with Gasteiger partial charge in [-0.15, -0.1) is 0 Å². The molecule has 0 aliphatic rings. The number of aryl methyl sites for hydroxylation is 1. The van der Waals surface area contributed by atoms with Gasteiger partial charge in [0.15, 0.2) is 0 Å². The number of rotatable bonds is 5. The summed E-state index contributed by atoms with van der Waals surface area (Å²) in [5.41, 5.74) is 3.80. The normalized spacial score (nSPS) is 11.3. The average Bonchev–Trinajstić information content (AvgIpc) is 3.34. The fourth-order valence-electron chi connectivity index (χ4n) is 3.70. The summed E-state index contributed by atoms with van der Waals surface area (Å²) in [5, 5.41) is 3.10. The number of aromatic nitrogens is 4. The van der Waals surface area contributed by atoms with Gasteiger partial charge in [0.25, 0.3) is 5.56 Å². The zero-order valence-corrected chi connectivity index (χ0v) is 16.4. The van der Waals surface area contributed by atoms with E-state index in [-0.39, 0.29) is 17.2 Å². The maximum atomic E-state index is 13.9. The lowest BCUT2D eigenvalue weighted by Crippen LogP contribution is -2.18. The van der Waals surface area contributed by atoms with Crippen LogP contribution in [-0.2, 0) is 12.8 Å². The Labute approximate surface area is 176 Å². The smallest absolute Gasteiger partial charge is 0.277 e. The van der Waals surface area contributed by atoms with Crippen LogP contribution in [0.25, 0.3) is 28.2 Å². The van der Waals surface area contributed by atoms with Gasteiger partial charge in [0, 0.05) is 11.1 Å². The van der Waals surface area contributed by atoms with Crippen LogP contribution >= 0.6 is 0 Å². The van der Waals surface area contributed by atoms with Crippen LogP contribution in [0.3, 0.4) is 0 Å². The van der Waals surface area contributed by atoms with Gasteiger partial charge in [-0.1, -0.05) is 36.4 Å². The summed E-state index contributed by atoms with van der Waals surface area (Å²) in [6.07, 6.45) is 0.940. The summed E-state index contributed by atoms with van der Waals surface area (Å²) in [7, 11) is 0. The standard InChI is InChI=1S/C24H18F2N4O/c25-17-11-8-15(9-12-17)10-13-19-22(16-4-3-5-18(26)14-16)29-30(23(19)31)24-27-20-6-1-2-7-21(20)28-24/h1-9,11-12,14,29H,10,13H2,(H,27,28). The number of nitrogens with zero attached hydrogens (tertiary/aromatic N) is 2. The highest BCUT2D eigenvalue weighted by Crippen LogP contribution is 2.23. The van der Waals surface area contributed by atoms with Crippen LogP contribution in [-0.4, -0.2) is 19.7 Å². The van der Waals surface area contributed by atoms with E-state index in [4.69, 9.17) is 0 Å². The van der Waals surface area contributed by atoms with Crippen molar-refractivity contribution in [1.82, 2.24) is 19.7 Å². The van der Waals surface area contributed by atoms with Crippen LogP contribution in [0.15, 0.2) is 77.6 Å². The van der Waals surface area contributed by atoms with Crippen LogP contribution < -0.4 is 5.56 Å². The molecule has 0 saturated carbocycles. The molecule has 0 aliphatic heterocycles. The number of imidazole rings is 1. The van der Waals surface area contributed by atoms with Gasteiger partial charge >= 0.3 is 0 Å². The molecule has 2 heterocycles. The second kappa shape index (κ2) is 7.68. The fourth-order valence-corrected chi connectivity index (χ4v) is 3.70. The maximum Gasteiger partial charge on any atom is 0.277 e. The largest absolute Gasteiger partial charge is 0.322 e. The van der Waals surface area contributed by atoms with Crippen molar-refractivity contribution in [1.29, 1.82) is 0 Å². The molecular formula is C24H18F2N4O. The summed E-state index contributed by atoms with van der Waals surface area (Å²) < 4.78 is 28.4. The number of aromatic amines is 2. The van der Waals surface area contributed by atoms with E-state index in [2.05, 4.69) is 15.1 Å². The summed E-state index contributed by atoms with van der Waals surface area (Å²) in [6.45, 7) is 0. The predicted octanol–water partition coefficient (Wildman–Crippen LogP) is 4.77. The Balaban J connectivity index is 1.60. The highest BCUT2D eigenvalue weighted by molar-refractivity contribution is 5.76. The molecule has 0 aliphatic carbocycles. The Kier molecular flexibility index (Phi) is 4.71. The molecule has 0 radical (unpaired) electrons. The molecular weight excluding hydrogens is 398 g/mol. The van der Waals surface area contributed by atoms with Gasteiger partial charge in [-0.05, 0) is 54.8 Å². The van der Waals surface area contributed by atoms with Crippen molar-refractivity contribution in [3.63, 3.8) is 0 Å². The molecule has 0 unspecified atom stereocenters. The quantitative estimate of drug-likeness (QED) is 0.433. The maximum absolute atomic E-state index is 13.9. The fraction of sp³-hybridized carbons (Fsp3) is 0.0833.